The van der Waals surface area contributed by atoms with E-state index in [1.54, 1.807) is 35.6 Å². The summed E-state index contributed by atoms with van der Waals surface area (Å²) in [6, 6.07) is 11.0. The van der Waals surface area contributed by atoms with Gasteiger partial charge in [-0.05, 0) is 50.2 Å². The molecule has 2 rings (SSSR count). The van der Waals surface area contributed by atoms with Gasteiger partial charge in [-0.3, -0.25) is 4.79 Å². The number of ether oxygens (including phenoxy) is 1. The quantitative estimate of drug-likeness (QED) is 0.832. The van der Waals surface area contributed by atoms with E-state index in [0.29, 0.717) is 11.4 Å². The summed E-state index contributed by atoms with van der Waals surface area (Å²) in [5, 5.41) is 2.91. The molecule has 1 atom stereocenters. The molecule has 106 valence electrons. The van der Waals surface area contributed by atoms with Gasteiger partial charge >= 0.3 is 0 Å². The summed E-state index contributed by atoms with van der Waals surface area (Å²) in [4.78, 5) is 14.2. The molecule has 0 radical (unpaired) electrons. The van der Waals surface area contributed by atoms with Crippen molar-refractivity contribution in [1.29, 1.82) is 0 Å². The number of carbonyl (C=O) groups excluding carboxylic acids is 1. The van der Waals surface area contributed by atoms with E-state index in [1.165, 1.54) is 4.88 Å². The topological polar surface area (TPSA) is 64.3 Å². The average molecular weight is 290 g/mol. The molecule has 1 unspecified atom stereocenters. The Morgan fingerprint density at radius 2 is 2.00 bits per heavy atom. The van der Waals surface area contributed by atoms with Crippen molar-refractivity contribution in [2.45, 2.75) is 19.9 Å². The van der Waals surface area contributed by atoms with Gasteiger partial charge < -0.3 is 15.8 Å². The number of anilines is 1. The van der Waals surface area contributed by atoms with Gasteiger partial charge in [-0.2, -0.15) is 0 Å². The lowest BCUT2D eigenvalue weighted by atomic mass is 10.2. The van der Waals surface area contributed by atoms with E-state index >= 15 is 0 Å². The molecule has 4 nitrogen and oxygen atoms in total. The molecule has 0 saturated carbocycles. The number of nitrogens with one attached hydrogen (secondary N) is 1. The normalized spacial score (nSPS) is 11.9. The van der Waals surface area contributed by atoms with Gasteiger partial charge in [-0.25, -0.2) is 0 Å². The van der Waals surface area contributed by atoms with Crippen molar-refractivity contribution < 1.29 is 9.53 Å². The van der Waals surface area contributed by atoms with E-state index in [4.69, 9.17) is 10.5 Å². The first-order valence-electron chi connectivity index (χ1n) is 6.38. The van der Waals surface area contributed by atoms with Crippen molar-refractivity contribution in [1.82, 2.24) is 5.32 Å². The van der Waals surface area contributed by atoms with E-state index in [9.17, 15) is 4.79 Å². The second-order valence-corrected chi connectivity index (χ2v) is 5.91. The van der Waals surface area contributed by atoms with Gasteiger partial charge in [0, 0.05) is 15.4 Å². The third kappa shape index (κ3) is 3.99. The first kappa shape index (κ1) is 14.4. The smallest absolute Gasteiger partial charge is 0.258 e. The van der Waals surface area contributed by atoms with Crippen LogP contribution in [0.1, 0.15) is 22.7 Å². The third-order valence-corrected chi connectivity index (χ3v) is 4.00. The van der Waals surface area contributed by atoms with Gasteiger partial charge in [0.05, 0.1) is 6.04 Å². The highest BCUT2D eigenvalue weighted by atomic mass is 32.1. The second kappa shape index (κ2) is 6.43. The minimum atomic E-state index is -0.139. The molecular weight excluding hydrogens is 272 g/mol. The van der Waals surface area contributed by atoms with Crippen molar-refractivity contribution >= 4 is 22.9 Å². The maximum atomic E-state index is 11.8. The van der Waals surface area contributed by atoms with E-state index in [1.807, 2.05) is 26.0 Å². The molecule has 0 aliphatic carbocycles. The van der Waals surface area contributed by atoms with Crippen LogP contribution in [0.3, 0.4) is 0 Å². The highest BCUT2D eigenvalue weighted by Crippen LogP contribution is 2.22. The highest BCUT2D eigenvalue weighted by Gasteiger charge is 2.11. The lowest BCUT2D eigenvalue weighted by Gasteiger charge is -2.13. The van der Waals surface area contributed by atoms with E-state index in [2.05, 4.69) is 5.32 Å². The van der Waals surface area contributed by atoms with Crippen LogP contribution >= 0.6 is 11.3 Å². The zero-order valence-corrected chi connectivity index (χ0v) is 12.4. The van der Waals surface area contributed by atoms with Gasteiger partial charge in [0.2, 0.25) is 0 Å². The number of nitrogen functional groups attached to an aromatic ring is 1. The number of amides is 1. The van der Waals surface area contributed by atoms with Crippen LogP contribution in [0.5, 0.6) is 5.75 Å². The number of rotatable bonds is 5. The predicted octanol–water partition coefficient (Wildman–Crippen LogP) is 2.89. The molecule has 0 spiro atoms. The van der Waals surface area contributed by atoms with Crippen molar-refractivity contribution in [2.24, 2.45) is 0 Å². The van der Waals surface area contributed by atoms with E-state index < -0.39 is 0 Å². The Bertz CT molecular complexity index is 578. The van der Waals surface area contributed by atoms with Crippen LogP contribution in [-0.4, -0.2) is 12.5 Å². The molecule has 1 aromatic heterocycles. The lowest BCUT2D eigenvalue weighted by molar-refractivity contribution is -0.123. The van der Waals surface area contributed by atoms with Crippen LogP contribution in [0.4, 0.5) is 5.69 Å². The predicted molar refractivity (Wildman–Crippen MR) is 82.0 cm³/mol. The SMILES string of the molecule is Cc1ccc(C(C)NC(=O)COc2ccc(N)cc2)s1. The Morgan fingerprint density at radius 1 is 1.30 bits per heavy atom. The van der Waals surface area contributed by atoms with Crippen LogP contribution in [0.15, 0.2) is 36.4 Å². The summed E-state index contributed by atoms with van der Waals surface area (Å²) in [5.74, 6) is 0.495. The first-order valence-corrected chi connectivity index (χ1v) is 7.20. The van der Waals surface area contributed by atoms with Gasteiger partial charge in [0.25, 0.3) is 5.91 Å². The maximum Gasteiger partial charge on any atom is 0.258 e. The van der Waals surface area contributed by atoms with Crippen LogP contribution in [0, 0.1) is 6.92 Å². The summed E-state index contributed by atoms with van der Waals surface area (Å²) in [6.07, 6.45) is 0. The fraction of sp³-hybridized carbons (Fsp3) is 0.267. The summed E-state index contributed by atoms with van der Waals surface area (Å²) in [6.45, 7) is 4.01. The molecule has 1 amide bonds. The van der Waals surface area contributed by atoms with Crippen LogP contribution in [0.2, 0.25) is 0 Å². The number of thiophene rings is 1. The standard InChI is InChI=1S/C15H18N2O2S/c1-10-3-8-14(20-10)11(2)17-15(18)9-19-13-6-4-12(16)5-7-13/h3-8,11H,9,16H2,1-2H3,(H,17,18). The summed E-state index contributed by atoms with van der Waals surface area (Å²) in [7, 11) is 0. The third-order valence-electron chi connectivity index (χ3n) is 2.82. The molecule has 1 aromatic carbocycles. The fourth-order valence-electron chi connectivity index (χ4n) is 1.75. The Labute approximate surface area is 122 Å². The molecule has 0 fully saturated rings. The van der Waals surface area contributed by atoms with Crippen molar-refractivity contribution in [2.75, 3.05) is 12.3 Å². The Hall–Kier alpha value is -2.01. The molecule has 3 N–H and O–H groups in total. The molecule has 1 heterocycles. The van der Waals surface area contributed by atoms with Crippen LogP contribution in [0.25, 0.3) is 0 Å². The second-order valence-electron chi connectivity index (χ2n) is 4.60. The minimum absolute atomic E-state index is 0.00137. The van der Waals surface area contributed by atoms with Gasteiger partial charge in [-0.15, -0.1) is 11.3 Å². The Morgan fingerprint density at radius 3 is 2.60 bits per heavy atom. The largest absolute Gasteiger partial charge is 0.484 e. The molecule has 2 aromatic rings. The molecule has 5 heteroatoms. The summed E-state index contributed by atoms with van der Waals surface area (Å²) in [5.41, 5.74) is 6.25. The number of carbonyl (C=O) groups is 1. The fourth-order valence-corrected chi connectivity index (χ4v) is 2.63. The molecule has 0 aliphatic heterocycles. The zero-order valence-electron chi connectivity index (χ0n) is 11.6. The number of aryl methyl sites for hydroxylation is 1. The van der Waals surface area contributed by atoms with Crippen molar-refractivity contribution in [3.63, 3.8) is 0 Å². The van der Waals surface area contributed by atoms with Gasteiger partial charge in [-0.1, -0.05) is 0 Å². The molecular formula is C15H18N2O2S. The maximum absolute atomic E-state index is 11.8. The molecule has 20 heavy (non-hydrogen) atoms. The average Bonchev–Trinajstić information content (AvgIpc) is 2.85. The summed E-state index contributed by atoms with van der Waals surface area (Å²) >= 11 is 1.68. The monoisotopic (exact) mass is 290 g/mol. The van der Waals surface area contributed by atoms with E-state index in [0.717, 1.165) is 4.88 Å². The number of benzene rings is 1. The number of nitrogens with two attached hydrogens (primary N) is 1. The number of hydrogen-bond donors (Lipinski definition) is 2. The van der Waals surface area contributed by atoms with Crippen LogP contribution < -0.4 is 15.8 Å². The molecule has 0 aliphatic rings. The minimum Gasteiger partial charge on any atom is -0.484 e. The first-order chi connectivity index (χ1) is 9.54. The van der Waals surface area contributed by atoms with Gasteiger partial charge in [0.15, 0.2) is 6.61 Å². The lowest BCUT2D eigenvalue weighted by Crippen LogP contribution is -2.30. The highest BCUT2D eigenvalue weighted by molar-refractivity contribution is 7.12. The zero-order chi connectivity index (χ0) is 14.5. The Kier molecular flexibility index (Phi) is 4.63. The van der Waals surface area contributed by atoms with Crippen LogP contribution in [-0.2, 0) is 4.79 Å². The van der Waals surface area contributed by atoms with E-state index in [-0.39, 0.29) is 18.6 Å². The summed E-state index contributed by atoms with van der Waals surface area (Å²) < 4.78 is 5.40. The molecule has 0 bridgehead atoms. The van der Waals surface area contributed by atoms with Crippen molar-refractivity contribution in [3.05, 3.63) is 46.2 Å². The van der Waals surface area contributed by atoms with Crippen molar-refractivity contribution in [3.8, 4) is 5.75 Å². The number of hydrogen-bond acceptors (Lipinski definition) is 4. The molecule has 0 saturated heterocycles. The Balaban J connectivity index is 1.82. The van der Waals surface area contributed by atoms with Gasteiger partial charge in [0.1, 0.15) is 5.75 Å².